The summed E-state index contributed by atoms with van der Waals surface area (Å²) in [4.78, 5) is 18.6. The summed E-state index contributed by atoms with van der Waals surface area (Å²) in [6, 6.07) is 15.2. The topological polar surface area (TPSA) is 101 Å². The van der Waals surface area contributed by atoms with Crippen LogP contribution in [0.25, 0.3) is 5.70 Å². The highest BCUT2D eigenvalue weighted by Crippen LogP contribution is 2.20. The molecule has 1 heterocycles. The Balaban J connectivity index is 1.50. The smallest absolute Gasteiger partial charge is 0.251 e. The maximum Gasteiger partial charge on any atom is 0.251 e. The molecule has 0 radical (unpaired) electrons. The zero-order chi connectivity index (χ0) is 23.5. The third-order valence-corrected chi connectivity index (χ3v) is 5.09. The van der Waals surface area contributed by atoms with E-state index in [-0.39, 0.29) is 5.91 Å². The Morgan fingerprint density at radius 1 is 1.15 bits per heavy atom. The van der Waals surface area contributed by atoms with Crippen molar-refractivity contribution in [3.05, 3.63) is 78.1 Å². The number of allylic oxidation sites excluding steroid dienone is 1. The van der Waals surface area contributed by atoms with Crippen LogP contribution in [0, 0.1) is 0 Å². The number of carbonyl (C=O) groups is 1. The molecule has 3 rings (SSSR count). The van der Waals surface area contributed by atoms with Gasteiger partial charge in [-0.3, -0.25) is 4.79 Å². The Morgan fingerprint density at radius 3 is 2.48 bits per heavy atom. The number of rotatable bonds is 10. The number of anilines is 2. The molecule has 2 aromatic rings. The van der Waals surface area contributed by atoms with Crippen LogP contribution < -0.4 is 21.3 Å². The summed E-state index contributed by atoms with van der Waals surface area (Å²) in [5.41, 5.74) is 10.1. The molecule has 0 atom stereocenters. The van der Waals surface area contributed by atoms with Crippen molar-refractivity contribution < 1.29 is 14.3 Å². The number of morpholine rings is 1. The SMILES string of the molecule is C=C(/N=C\C=C(/N)c1ccc(C(=O)NCCOC)cc1)Nc1ccc(N2CCOCC2)cc1. The lowest BCUT2D eigenvalue weighted by Crippen LogP contribution is -2.36. The highest BCUT2D eigenvalue weighted by atomic mass is 16.5. The molecule has 1 aliphatic heterocycles. The van der Waals surface area contributed by atoms with E-state index >= 15 is 0 Å². The quantitative estimate of drug-likeness (QED) is 0.381. The largest absolute Gasteiger partial charge is 0.398 e. The van der Waals surface area contributed by atoms with E-state index in [1.807, 2.05) is 12.1 Å². The lowest BCUT2D eigenvalue weighted by atomic mass is 10.1. The van der Waals surface area contributed by atoms with E-state index in [4.69, 9.17) is 15.2 Å². The standard InChI is InChI=1S/C25H31N5O3/c1-19(29-22-7-9-23(10-8-22)30-14-17-33-18-15-30)27-12-11-24(26)20-3-5-21(6-4-20)25(31)28-13-16-32-2/h3-12,29H,1,13-18,26H2,2H3,(H,28,31)/b24-11-,27-12-. The van der Waals surface area contributed by atoms with Gasteiger partial charge in [-0.15, -0.1) is 0 Å². The molecule has 8 heteroatoms. The molecule has 174 valence electrons. The van der Waals surface area contributed by atoms with Crippen LogP contribution >= 0.6 is 0 Å². The molecule has 1 fully saturated rings. The Bertz CT molecular complexity index is 978. The van der Waals surface area contributed by atoms with Gasteiger partial charge < -0.3 is 30.7 Å². The Kier molecular flexibility index (Phi) is 9.05. The lowest BCUT2D eigenvalue weighted by molar-refractivity contribution is 0.0937. The van der Waals surface area contributed by atoms with E-state index in [9.17, 15) is 4.79 Å². The van der Waals surface area contributed by atoms with Crippen LogP contribution in [0.4, 0.5) is 11.4 Å². The average Bonchev–Trinajstić information content (AvgIpc) is 2.85. The van der Waals surface area contributed by atoms with E-state index in [1.165, 1.54) is 5.69 Å². The van der Waals surface area contributed by atoms with Gasteiger partial charge in [0.05, 0.1) is 19.8 Å². The monoisotopic (exact) mass is 449 g/mol. The molecular weight excluding hydrogens is 418 g/mol. The summed E-state index contributed by atoms with van der Waals surface area (Å²) in [6.07, 6.45) is 3.29. The van der Waals surface area contributed by atoms with Gasteiger partial charge in [-0.05, 0) is 48.0 Å². The van der Waals surface area contributed by atoms with Gasteiger partial charge in [-0.25, -0.2) is 4.99 Å². The average molecular weight is 450 g/mol. The molecule has 0 aromatic heterocycles. The second kappa shape index (κ2) is 12.4. The van der Waals surface area contributed by atoms with Gasteiger partial charge in [-0.2, -0.15) is 0 Å². The predicted octanol–water partition coefficient (Wildman–Crippen LogP) is 2.85. The van der Waals surface area contributed by atoms with Crippen LogP contribution in [-0.2, 0) is 9.47 Å². The fourth-order valence-corrected chi connectivity index (χ4v) is 3.26. The molecule has 0 saturated carbocycles. The molecule has 4 N–H and O–H groups in total. The van der Waals surface area contributed by atoms with Crippen LogP contribution in [0.5, 0.6) is 0 Å². The van der Waals surface area contributed by atoms with Crippen molar-refractivity contribution in [3.63, 3.8) is 0 Å². The summed E-state index contributed by atoms with van der Waals surface area (Å²) in [5.74, 6) is 0.351. The highest BCUT2D eigenvalue weighted by Gasteiger charge is 2.10. The number of nitrogens with one attached hydrogen (secondary N) is 2. The molecule has 0 bridgehead atoms. The van der Waals surface area contributed by atoms with E-state index in [0.717, 1.165) is 37.6 Å². The predicted molar refractivity (Wildman–Crippen MR) is 134 cm³/mol. The molecule has 0 unspecified atom stereocenters. The summed E-state index contributed by atoms with van der Waals surface area (Å²) in [6.45, 7) is 8.20. The van der Waals surface area contributed by atoms with Gasteiger partial charge in [0.1, 0.15) is 5.82 Å². The summed E-state index contributed by atoms with van der Waals surface area (Å²) >= 11 is 0. The van der Waals surface area contributed by atoms with Gasteiger partial charge in [0.25, 0.3) is 5.91 Å². The van der Waals surface area contributed by atoms with E-state index in [2.05, 4.69) is 39.2 Å². The van der Waals surface area contributed by atoms with Crippen molar-refractivity contribution in [3.8, 4) is 0 Å². The number of nitrogens with zero attached hydrogens (tertiary/aromatic N) is 2. The zero-order valence-electron chi connectivity index (χ0n) is 18.9. The van der Waals surface area contributed by atoms with Crippen LogP contribution in [0.3, 0.4) is 0 Å². The molecule has 0 spiro atoms. The van der Waals surface area contributed by atoms with Gasteiger partial charge in [0.15, 0.2) is 0 Å². The van der Waals surface area contributed by atoms with Crippen LogP contribution in [0.2, 0.25) is 0 Å². The first-order valence-electron chi connectivity index (χ1n) is 10.8. The normalized spacial score (nSPS) is 14.3. The van der Waals surface area contributed by atoms with Crippen molar-refractivity contribution in [1.29, 1.82) is 0 Å². The molecule has 1 amide bonds. The number of nitrogens with two attached hydrogens (primary N) is 1. The van der Waals surface area contributed by atoms with Crippen molar-refractivity contribution in [1.82, 2.24) is 5.32 Å². The first kappa shape index (κ1) is 24.0. The van der Waals surface area contributed by atoms with E-state index in [1.54, 1.807) is 43.7 Å². The second-order valence-electron chi connectivity index (χ2n) is 7.44. The first-order chi connectivity index (χ1) is 16.1. The van der Waals surface area contributed by atoms with Gasteiger partial charge in [0.2, 0.25) is 0 Å². The lowest BCUT2D eigenvalue weighted by Gasteiger charge is -2.28. The minimum atomic E-state index is -0.150. The summed E-state index contributed by atoms with van der Waals surface area (Å²) in [5, 5.41) is 5.95. The zero-order valence-corrected chi connectivity index (χ0v) is 18.9. The number of amides is 1. The maximum atomic E-state index is 12.0. The summed E-state index contributed by atoms with van der Waals surface area (Å²) in [7, 11) is 1.59. The summed E-state index contributed by atoms with van der Waals surface area (Å²) < 4.78 is 10.3. The fraction of sp³-hybridized carbons (Fsp3) is 0.280. The Hall–Kier alpha value is -3.62. The maximum absolute atomic E-state index is 12.0. The number of ether oxygens (including phenoxy) is 2. The number of benzene rings is 2. The molecule has 2 aromatic carbocycles. The molecule has 8 nitrogen and oxygen atoms in total. The molecular formula is C25H31N5O3. The van der Waals surface area contributed by atoms with Crippen molar-refractivity contribution >= 4 is 29.2 Å². The Labute approximate surface area is 194 Å². The molecule has 1 saturated heterocycles. The van der Waals surface area contributed by atoms with Crippen molar-refractivity contribution in [2.24, 2.45) is 10.7 Å². The minimum absolute atomic E-state index is 0.150. The third kappa shape index (κ3) is 7.48. The molecule has 33 heavy (non-hydrogen) atoms. The second-order valence-corrected chi connectivity index (χ2v) is 7.44. The number of carbonyl (C=O) groups excluding carboxylic acids is 1. The van der Waals surface area contributed by atoms with E-state index in [0.29, 0.717) is 30.2 Å². The molecule has 1 aliphatic rings. The number of hydrogen-bond acceptors (Lipinski definition) is 7. The first-order valence-corrected chi connectivity index (χ1v) is 10.8. The number of hydrogen-bond donors (Lipinski definition) is 3. The van der Waals surface area contributed by atoms with Crippen molar-refractivity contribution in [2.75, 3.05) is 56.8 Å². The van der Waals surface area contributed by atoms with Gasteiger partial charge >= 0.3 is 0 Å². The minimum Gasteiger partial charge on any atom is -0.398 e. The number of methoxy groups -OCH3 is 1. The van der Waals surface area contributed by atoms with E-state index < -0.39 is 0 Å². The van der Waals surface area contributed by atoms with Crippen LogP contribution in [0.1, 0.15) is 15.9 Å². The fourth-order valence-electron chi connectivity index (χ4n) is 3.26. The van der Waals surface area contributed by atoms with Crippen LogP contribution in [-0.4, -0.2) is 58.7 Å². The molecule has 0 aliphatic carbocycles. The third-order valence-electron chi connectivity index (χ3n) is 5.09. The van der Waals surface area contributed by atoms with Gasteiger partial charge in [-0.1, -0.05) is 18.7 Å². The van der Waals surface area contributed by atoms with Gasteiger partial charge in [0, 0.05) is 55.6 Å². The number of aliphatic imine (C=N–C) groups is 1. The Morgan fingerprint density at radius 2 is 1.82 bits per heavy atom. The van der Waals surface area contributed by atoms with Crippen LogP contribution in [0.15, 0.2) is 72.0 Å². The highest BCUT2D eigenvalue weighted by molar-refractivity contribution is 5.94. The van der Waals surface area contributed by atoms with Crippen molar-refractivity contribution in [2.45, 2.75) is 0 Å².